The van der Waals surface area contributed by atoms with E-state index in [4.69, 9.17) is 5.73 Å². The third-order valence-corrected chi connectivity index (χ3v) is 3.13. The van der Waals surface area contributed by atoms with Gasteiger partial charge in [-0.3, -0.25) is 4.79 Å². The predicted molar refractivity (Wildman–Crippen MR) is 75.0 cm³/mol. The lowest BCUT2D eigenvalue weighted by Gasteiger charge is -2.28. The molecule has 0 saturated carbocycles. The van der Waals surface area contributed by atoms with E-state index in [0.29, 0.717) is 12.4 Å². The van der Waals surface area contributed by atoms with Gasteiger partial charge in [0, 0.05) is 31.0 Å². The highest BCUT2D eigenvalue weighted by Gasteiger charge is 2.20. The van der Waals surface area contributed by atoms with Crippen molar-refractivity contribution in [3.63, 3.8) is 0 Å². The lowest BCUT2D eigenvalue weighted by atomic mass is 10.1. The second-order valence-electron chi connectivity index (χ2n) is 5.63. The van der Waals surface area contributed by atoms with Crippen LogP contribution in [-0.2, 0) is 5.54 Å². The van der Waals surface area contributed by atoms with Gasteiger partial charge in [-0.1, -0.05) is 0 Å². The molecule has 0 bridgehead atoms. The molecule has 0 aliphatic rings. The van der Waals surface area contributed by atoms with Gasteiger partial charge in [-0.25, -0.2) is 4.98 Å². The lowest BCUT2D eigenvalue weighted by molar-refractivity contribution is 0.382. The van der Waals surface area contributed by atoms with E-state index in [-0.39, 0.29) is 17.1 Å². The normalized spacial score (nSPS) is 13.4. The molecule has 1 unspecified atom stereocenters. The third kappa shape index (κ3) is 3.10. The van der Waals surface area contributed by atoms with E-state index >= 15 is 0 Å². The van der Waals surface area contributed by atoms with Gasteiger partial charge in [0.1, 0.15) is 0 Å². The van der Waals surface area contributed by atoms with Crippen molar-refractivity contribution in [2.24, 2.45) is 5.73 Å². The monoisotopic (exact) mass is 252 g/mol. The van der Waals surface area contributed by atoms with Crippen molar-refractivity contribution in [1.29, 1.82) is 0 Å². The highest BCUT2D eigenvalue weighted by atomic mass is 16.1. The molecule has 5 nitrogen and oxygen atoms in total. The number of hydrogen-bond acceptors (Lipinski definition) is 4. The van der Waals surface area contributed by atoms with Gasteiger partial charge in [0.2, 0.25) is 0 Å². The third-order valence-electron chi connectivity index (χ3n) is 3.13. The predicted octanol–water partition coefficient (Wildman–Crippen LogP) is 1.17. The minimum atomic E-state index is -0.243. The summed E-state index contributed by atoms with van der Waals surface area (Å²) in [5, 5.41) is 0. The summed E-state index contributed by atoms with van der Waals surface area (Å²) < 4.78 is 1.71. The minimum absolute atomic E-state index is 0.0589. The molecule has 1 aromatic heterocycles. The molecule has 1 rings (SSSR count). The minimum Gasteiger partial charge on any atom is -0.352 e. The van der Waals surface area contributed by atoms with E-state index in [2.05, 4.69) is 4.98 Å². The Morgan fingerprint density at radius 1 is 1.50 bits per heavy atom. The first-order valence-electron chi connectivity index (χ1n) is 6.30. The first-order valence-corrected chi connectivity index (χ1v) is 6.30. The summed E-state index contributed by atoms with van der Waals surface area (Å²) >= 11 is 0. The van der Waals surface area contributed by atoms with Crippen molar-refractivity contribution in [3.8, 4) is 0 Å². The molecule has 2 N–H and O–H groups in total. The van der Waals surface area contributed by atoms with E-state index < -0.39 is 0 Å². The van der Waals surface area contributed by atoms with Crippen molar-refractivity contribution in [1.82, 2.24) is 9.55 Å². The summed E-state index contributed by atoms with van der Waals surface area (Å²) in [5.74, 6) is 0.480. The van der Waals surface area contributed by atoms with Crippen LogP contribution in [0.1, 0.15) is 34.1 Å². The van der Waals surface area contributed by atoms with Crippen LogP contribution >= 0.6 is 0 Å². The molecule has 102 valence electrons. The Morgan fingerprint density at radius 3 is 2.61 bits per heavy atom. The van der Waals surface area contributed by atoms with Gasteiger partial charge in [-0.2, -0.15) is 0 Å². The van der Waals surface area contributed by atoms with Crippen molar-refractivity contribution < 1.29 is 0 Å². The Labute approximate surface area is 109 Å². The van der Waals surface area contributed by atoms with Gasteiger partial charge < -0.3 is 15.2 Å². The molecule has 18 heavy (non-hydrogen) atoms. The maximum Gasteiger partial charge on any atom is 0.293 e. The van der Waals surface area contributed by atoms with E-state index in [1.807, 2.05) is 39.6 Å². The van der Waals surface area contributed by atoms with Gasteiger partial charge in [0.25, 0.3) is 5.56 Å². The molecule has 0 spiro atoms. The second-order valence-corrected chi connectivity index (χ2v) is 5.63. The average molecular weight is 252 g/mol. The molecular formula is C13H24N4O. The van der Waals surface area contributed by atoms with Crippen LogP contribution in [0.2, 0.25) is 0 Å². The zero-order chi connectivity index (χ0) is 13.9. The molecule has 0 saturated heterocycles. The first-order chi connectivity index (χ1) is 8.29. The van der Waals surface area contributed by atoms with Crippen LogP contribution in [0.25, 0.3) is 0 Å². The van der Waals surface area contributed by atoms with Crippen molar-refractivity contribution >= 4 is 5.82 Å². The molecule has 0 radical (unpaired) electrons. The van der Waals surface area contributed by atoms with E-state index in [1.165, 1.54) is 0 Å². The zero-order valence-corrected chi connectivity index (χ0v) is 12.0. The smallest absolute Gasteiger partial charge is 0.293 e. The standard InChI is InChI=1S/C13H24N4O/c1-10(6-7-14)16(5)11-12(18)17(9-8-15-11)13(2,3)4/h8-10H,6-7,14H2,1-5H3. The molecule has 1 heterocycles. The van der Waals surface area contributed by atoms with Crippen LogP contribution in [-0.4, -0.2) is 29.2 Å². The maximum atomic E-state index is 12.4. The molecule has 0 fully saturated rings. The Bertz CT molecular complexity index is 447. The fraction of sp³-hybridized carbons (Fsp3) is 0.692. The van der Waals surface area contributed by atoms with E-state index in [0.717, 1.165) is 6.42 Å². The summed E-state index contributed by atoms with van der Waals surface area (Å²) in [6.45, 7) is 8.65. The van der Waals surface area contributed by atoms with Crippen LogP contribution in [0.15, 0.2) is 17.2 Å². The van der Waals surface area contributed by atoms with Gasteiger partial charge in [-0.15, -0.1) is 0 Å². The van der Waals surface area contributed by atoms with E-state index in [9.17, 15) is 4.79 Å². The quantitative estimate of drug-likeness (QED) is 0.873. The van der Waals surface area contributed by atoms with Crippen LogP contribution < -0.4 is 16.2 Å². The Morgan fingerprint density at radius 2 is 2.11 bits per heavy atom. The Hall–Kier alpha value is -1.36. The molecule has 1 aromatic rings. The average Bonchev–Trinajstić information content (AvgIpc) is 2.27. The van der Waals surface area contributed by atoms with Gasteiger partial charge in [0.15, 0.2) is 5.82 Å². The molecular weight excluding hydrogens is 228 g/mol. The molecule has 0 aliphatic carbocycles. The zero-order valence-electron chi connectivity index (χ0n) is 12.0. The molecule has 0 aromatic carbocycles. The summed E-state index contributed by atoms with van der Waals surface area (Å²) in [7, 11) is 1.89. The van der Waals surface area contributed by atoms with Crippen LogP contribution in [0, 0.1) is 0 Å². The number of aromatic nitrogens is 2. The lowest BCUT2D eigenvalue weighted by Crippen LogP contribution is -2.40. The fourth-order valence-corrected chi connectivity index (χ4v) is 1.82. The maximum absolute atomic E-state index is 12.4. The summed E-state index contributed by atoms with van der Waals surface area (Å²) in [4.78, 5) is 18.5. The van der Waals surface area contributed by atoms with Crippen LogP contribution in [0.4, 0.5) is 5.82 Å². The summed E-state index contributed by atoms with van der Waals surface area (Å²) in [6, 6.07) is 0.200. The number of nitrogens with zero attached hydrogens (tertiary/aromatic N) is 3. The Balaban J connectivity index is 3.16. The van der Waals surface area contributed by atoms with Crippen molar-refractivity contribution in [3.05, 3.63) is 22.7 Å². The van der Waals surface area contributed by atoms with Gasteiger partial charge in [-0.05, 0) is 40.7 Å². The highest BCUT2D eigenvalue weighted by Crippen LogP contribution is 2.13. The number of hydrogen-bond donors (Lipinski definition) is 1. The van der Waals surface area contributed by atoms with Gasteiger partial charge in [0.05, 0.1) is 0 Å². The number of nitrogens with two attached hydrogens (primary N) is 1. The summed E-state index contributed by atoms with van der Waals surface area (Å²) in [5.41, 5.74) is 5.25. The SMILES string of the molecule is CC(CCN)N(C)c1nccn(C(C)(C)C)c1=O. The molecule has 1 atom stereocenters. The molecule has 0 aliphatic heterocycles. The van der Waals surface area contributed by atoms with Crippen LogP contribution in [0.3, 0.4) is 0 Å². The number of rotatable bonds is 4. The Kier molecular flexibility index (Phi) is 4.51. The van der Waals surface area contributed by atoms with Gasteiger partial charge >= 0.3 is 0 Å². The second kappa shape index (κ2) is 5.52. The highest BCUT2D eigenvalue weighted by molar-refractivity contribution is 5.35. The largest absolute Gasteiger partial charge is 0.352 e. The molecule has 0 amide bonds. The molecule has 5 heteroatoms. The number of anilines is 1. The fourth-order valence-electron chi connectivity index (χ4n) is 1.82. The summed E-state index contributed by atoms with van der Waals surface area (Å²) in [6.07, 6.45) is 4.24. The van der Waals surface area contributed by atoms with E-state index in [1.54, 1.807) is 17.0 Å². The van der Waals surface area contributed by atoms with Crippen molar-refractivity contribution in [2.45, 2.75) is 45.7 Å². The van der Waals surface area contributed by atoms with Crippen LogP contribution in [0.5, 0.6) is 0 Å². The first kappa shape index (κ1) is 14.7. The topological polar surface area (TPSA) is 64.2 Å². The van der Waals surface area contributed by atoms with Crippen molar-refractivity contribution in [2.75, 3.05) is 18.5 Å².